The standard InChI is InChI=1S/C13H21NOS.ClH/c1-5-12(14(2)15-3)10-11-6-8-13(16-4)9-7-11;/h6-9,12H,5,10H2,1-4H3;1H. The second-order valence-electron chi connectivity index (χ2n) is 3.84. The van der Waals surface area contributed by atoms with E-state index in [4.69, 9.17) is 4.84 Å². The van der Waals surface area contributed by atoms with Crippen LogP contribution in [-0.4, -0.2) is 31.5 Å². The first-order chi connectivity index (χ1) is 7.71. The molecule has 0 saturated carbocycles. The summed E-state index contributed by atoms with van der Waals surface area (Å²) in [6, 6.07) is 9.22. The summed E-state index contributed by atoms with van der Waals surface area (Å²) in [6.07, 6.45) is 4.23. The average Bonchev–Trinajstić information content (AvgIpc) is 2.35. The van der Waals surface area contributed by atoms with Crippen molar-refractivity contribution in [2.24, 2.45) is 0 Å². The van der Waals surface area contributed by atoms with Crippen molar-refractivity contribution < 1.29 is 4.84 Å². The van der Waals surface area contributed by atoms with Crippen molar-refractivity contribution in [2.45, 2.75) is 30.7 Å². The van der Waals surface area contributed by atoms with Gasteiger partial charge >= 0.3 is 0 Å². The van der Waals surface area contributed by atoms with E-state index in [2.05, 4.69) is 37.4 Å². The molecule has 0 amide bonds. The molecular weight excluding hydrogens is 254 g/mol. The van der Waals surface area contributed by atoms with E-state index in [0.717, 1.165) is 12.8 Å². The van der Waals surface area contributed by atoms with Gasteiger partial charge in [-0.25, -0.2) is 0 Å². The Kier molecular flexibility index (Phi) is 8.70. The van der Waals surface area contributed by atoms with Crippen molar-refractivity contribution >= 4 is 24.2 Å². The van der Waals surface area contributed by atoms with Gasteiger partial charge in [0.2, 0.25) is 0 Å². The van der Waals surface area contributed by atoms with Gasteiger partial charge in [-0.15, -0.1) is 24.2 Å². The van der Waals surface area contributed by atoms with E-state index in [9.17, 15) is 0 Å². The van der Waals surface area contributed by atoms with Crippen molar-refractivity contribution in [3.63, 3.8) is 0 Å². The quantitative estimate of drug-likeness (QED) is 0.581. The Labute approximate surface area is 115 Å². The third-order valence-corrected chi connectivity index (χ3v) is 3.65. The molecule has 1 aromatic carbocycles. The fraction of sp³-hybridized carbons (Fsp3) is 0.538. The molecule has 0 saturated heterocycles. The Morgan fingerprint density at radius 1 is 1.29 bits per heavy atom. The average molecular weight is 276 g/mol. The van der Waals surface area contributed by atoms with Gasteiger partial charge in [-0.2, -0.15) is 5.06 Å². The van der Waals surface area contributed by atoms with Gasteiger partial charge in [0.25, 0.3) is 0 Å². The molecule has 0 spiro atoms. The summed E-state index contributed by atoms with van der Waals surface area (Å²) in [5.41, 5.74) is 1.37. The van der Waals surface area contributed by atoms with E-state index in [1.54, 1.807) is 18.9 Å². The second-order valence-corrected chi connectivity index (χ2v) is 4.72. The van der Waals surface area contributed by atoms with Crippen LogP contribution in [0.15, 0.2) is 29.2 Å². The van der Waals surface area contributed by atoms with E-state index >= 15 is 0 Å². The van der Waals surface area contributed by atoms with Crippen molar-refractivity contribution in [3.8, 4) is 0 Å². The van der Waals surface area contributed by atoms with Crippen molar-refractivity contribution in [1.82, 2.24) is 5.06 Å². The van der Waals surface area contributed by atoms with Gasteiger partial charge in [0, 0.05) is 18.0 Å². The van der Waals surface area contributed by atoms with Crippen LogP contribution >= 0.6 is 24.2 Å². The minimum absolute atomic E-state index is 0. The number of rotatable bonds is 6. The number of thioether (sulfide) groups is 1. The molecule has 0 radical (unpaired) electrons. The lowest BCUT2D eigenvalue weighted by Gasteiger charge is -2.24. The molecule has 0 aliphatic heterocycles. The van der Waals surface area contributed by atoms with Crippen molar-refractivity contribution in [2.75, 3.05) is 20.4 Å². The number of hydrogen-bond donors (Lipinski definition) is 0. The molecule has 2 nitrogen and oxygen atoms in total. The molecule has 0 fully saturated rings. The van der Waals surface area contributed by atoms with Crippen LogP contribution in [0.1, 0.15) is 18.9 Å². The minimum Gasteiger partial charge on any atom is -0.302 e. The zero-order valence-corrected chi connectivity index (χ0v) is 12.6. The van der Waals surface area contributed by atoms with Crippen LogP contribution in [0.2, 0.25) is 0 Å². The van der Waals surface area contributed by atoms with E-state index in [1.807, 2.05) is 12.1 Å². The Balaban J connectivity index is 0.00000256. The molecule has 0 heterocycles. The lowest BCUT2D eigenvalue weighted by molar-refractivity contribution is -0.141. The van der Waals surface area contributed by atoms with Gasteiger partial charge < -0.3 is 4.84 Å². The Hall–Kier alpha value is -0.220. The predicted molar refractivity (Wildman–Crippen MR) is 78.0 cm³/mol. The highest BCUT2D eigenvalue weighted by Gasteiger charge is 2.12. The van der Waals surface area contributed by atoms with Gasteiger partial charge in [-0.1, -0.05) is 19.1 Å². The lowest BCUT2D eigenvalue weighted by atomic mass is 10.0. The second kappa shape index (κ2) is 8.81. The van der Waals surface area contributed by atoms with Gasteiger partial charge in [0.1, 0.15) is 0 Å². The number of hydrogen-bond acceptors (Lipinski definition) is 3. The molecule has 1 rings (SSSR count). The Morgan fingerprint density at radius 3 is 2.29 bits per heavy atom. The molecule has 0 aliphatic carbocycles. The zero-order valence-electron chi connectivity index (χ0n) is 11.0. The molecule has 1 atom stereocenters. The molecule has 0 bridgehead atoms. The fourth-order valence-electron chi connectivity index (χ4n) is 1.71. The van der Waals surface area contributed by atoms with Crippen LogP contribution in [0, 0.1) is 0 Å². The van der Waals surface area contributed by atoms with Crippen LogP contribution in [0.25, 0.3) is 0 Å². The Bertz CT molecular complexity index is 305. The molecule has 4 heteroatoms. The monoisotopic (exact) mass is 275 g/mol. The number of likely N-dealkylation sites (N-methyl/N-ethyl adjacent to an activating group) is 1. The highest BCUT2D eigenvalue weighted by Crippen LogP contribution is 2.17. The van der Waals surface area contributed by atoms with Crippen molar-refractivity contribution in [3.05, 3.63) is 29.8 Å². The van der Waals surface area contributed by atoms with Crippen LogP contribution in [-0.2, 0) is 11.3 Å². The summed E-state index contributed by atoms with van der Waals surface area (Å²) in [4.78, 5) is 6.57. The largest absolute Gasteiger partial charge is 0.302 e. The maximum absolute atomic E-state index is 5.25. The van der Waals surface area contributed by atoms with Crippen LogP contribution in [0.5, 0.6) is 0 Å². The summed E-state index contributed by atoms with van der Waals surface area (Å²) in [6.45, 7) is 2.19. The summed E-state index contributed by atoms with van der Waals surface area (Å²) >= 11 is 1.78. The van der Waals surface area contributed by atoms with Gasteiger partial charge in [-0.3, -0.25) is 0 Å². The summed E-state index contributed by atoms with van der Waals surface area (Å²) in [5, 5.41) is 1.93. The lowest BCUT2D eigenvalue weighted by Crippen LogP contribution is -2.31. The third-order valence-electron chi connectivity index (χ3n) is 2.90. The van der Waals surface area contributed by atoms with Crippen LogP contribution in [0.4, 0.5) is 0 Å². The molecule has 0 aliphatic rings. The maximum atomic E-state index is 5.25. The maximum Gasteiger partial charge on any atom is 0.0575 e. The zero-order chi connectivity index (χ0) is 12.0. The first-order valence-electron chi connectivity index (χ1n) is 5.61. The molecule has 1 unspecified atom stereocenters. The SMILES string of the molecule is CCC(Cc1ccc(SC)cc1)N(C)OC.Cl. The number of halogens is 1. The summed E-state index contributed by atoms with van der Waals surface area (Å²) in [5.74, 6) is 0. The van der Waals surface area contributed by atoms with Gasteiger partial charge in [-0.05, 0) is 36.8 Å². The smallest absolute Gasteiger partial charge is 0.0575 e. The minimum atomic E-state index is 0. The van der Waals surface area contributed by atoms with E-state index in [-0.39, 0.29) is 12.4 Å². The highest BCUT2D eigenvalue weighted by atomic mass is 35.5. The number of benzene rings is 1. The topological polar surface area (TPSA) is 12.5 Å². The van der Waals surface area contributed by atoms with Crippen LogP contribution in [0.3, 0.4) is 0 Å². The van der Waals surface area contributed by atoms with Gasteiger partial charge in [0.05, 0.1) is 7.11 Å². The number of hydroxylamine groups is 2. The predicted octanol–water partition coefficient (Wildman–Crippen LogP) is 3.64. The third kappa shape index (κ3) is 5.30. The molecule has 1 aromatic rings. The van der Waals surface area contributed by atoms with E-state index in [0.29, 0.717) is 6.04 Å². The molecule has 0 aromatic heterocycles. The molecule has 98 valence electrons. The number of nitrogens with zero attached hydrogens (tertiary/aromatic N) is 1. The first kappa shape index (κ1) is 16.8. The first-order valence-corrected chi connectivity index (χ1v) is 6.83. The fourth-order valence-corrected chi connectivity index (χ4v) is 2.12. The molecule has 17 heavy (non-hydrogen) atoms. The Morgan fingerprint density at radius 2 is 1.88 bits per heavy atom. The summed E-state index contributed by atoms with van der Waals surface area (Å²) in [7, 11) is 3.71. The van der Waals surface area contributed by atoms with E-state index in [1.165, 1.54) is 10.5 Å². The molecule has 0 N–H and O–H groups in total. The van der Waals surface area contributed by atoms with Crippen LogP contribution < -0.4 is 0 Å². The van der Waals surface area contributed by atoms with Crippen molar-refractivity contribution in [1.29, 1.82) is 0 Å². The molecular formula is C13H22ClNOS. The normalized spacial score (nSPS) is 12.3. The van der Waals surface area contributed by atoms with Gasteiger partial charge in [0.15, 0.2) is 0 Å². The van der Waals surface area contributed by atoms with E-state index < -0.39 is 0 Å². The highest BCUT2D eigenvalue weighted by molar-refractivity contribution is 7.98. The summed E-state index contributed by atoms with van der Waals surface area (Å²) < 4.78 is 0.